The molecule has 1 rings (SSSR count). The molecule has 3 nitrogen and oxygen atoms in total. The number of benzene rings is 1. The Morgan fingerprint density at radius 3 is 2.57 bits per heavy atom. The zero-order chi connectivity index (χ0) is 10.4. The molecule has 0 radical (unpaired) electrons. The third-order valence-electron chi connectivity index (χ3n) is 1.72. The molecule has 0 aliphatic rings. The van der Waals surface area contributed by atoms with Gasteiger partial charge in [0.25, 0.3) is 0 Å². The molecule has 14 heavy (non-hydrogen) atoms. The van der Waals surface area contributed by atoms with E-state index in [1.165, 1.54) is 0 Å². The zero-order valence-electron chi connectivity index (χ0n) is 8.12. The molecule has 0 amide bonds. The lowest BCUT2D eigenvalue weighted by atomic mass is 10.2. The maximum Gasteiger partial charge on any atom is 0.122 e. The summed E-state index contributed by atoms with van der Waals surface area (Å²) in [6.07, 6.45) is 2.04. The molecule has 3 N–H and O–H groups in total. The molecule has 0 aromatic heterocycles. The number of amidine groups is 1. The Bertz CT molecular complexity index is 297. The van der Waals surface area contributed by atoms with Crippen LogP contribution in [0, 0.1) is 5.41 Å². The van der Waals surface area contributed by atoms with E-state index in [0.29, 0.717) is 6.61 Å². The Balaban J connectivity index is 2.51. The van der Waals surface area contributed by atoms with Crippen molar-refractivity contribution in [1.29, 1.82) is 5.41 Å². The van der Waals surface area contributed by atoms with E-state index < -0.39 is 0 Å². The molecule has 0 unspecified atom stereocenters. The Labute approximate surface area is 88.2 Å². The maximum atomic E-state index is 7.21. The average molecular weight is 210 g/mol. The van der Waals surface area contributed by atoms with E-state index in [2.05, 4.69) is 0 Å². The van der Waals surface area contributed by atoms with Crippen LogP contribution in [0.15, 0.2) is 24.3 Å². The van der Waals surface area contributed by atoms with Gasteiger partial charge in [-0.3, -0.25) is 5.41 Å². The van der Waals surface area contributed by atoms with Crippen molar-refractivity contribution in [3.63, 3.8) is 0 Å². The van der Waals surface area contributed by atoms with Gasteiger partial charge in [-0.1, -0.05) is 0 Å². The third kappa shape index (κ3) is 3.30. The second-order valence-corrected chi connectivity index (χ2v) is 3.76. The van der Waals surface area contributed by atoms with Crippen LogP contribution in [0.2, 0.25) is 0 Å². The monoisotopic (exact) mass is 210 g/mol. The van der Waals surface area contributed by atoms with E-state index in [4.69, 9.17) is 15.9 Å². The van der Waals surface area contributed by atoms with Gasteiger partial charge in [0.2, 0.25) is 0 Å². The van der Waals surface area contributed by atoms with Crippen molar-refractivity contribution in [3.05, 3.63) is 29.8 Å². The van der Waals surface area contributed by atoms with Crippen molar-refractivity contribution in [1.82, 2.24) is 0 Å². The standard InChI is InChI=1S/C10H14N2OS/c1-14-7-6-13-9-4-2-8(3-5-9)10(11)12/h2-5H,6-7H2,1H3,(H3,11,12). The van der Waals surface area contributed by atoms with Gasteiger partial charge in [0.05, 0.1) is 6.61 Å². The Morgan fingerprint density at radius 2 is 2.07 bits per heavy atom. The van der Waals surface area contributed by atoms with Crippen LogP contribution in [-0.2, 0) is 0 Å². The molecule has 0 bridgehead atoms. The summed E-state index contributed by atoms with van der Waals surface area (Å²) in [4.78, 5) is 0. The molecule has 0 saturated carbocycles. The Morgan fingerprint density at radius 1 is 1.43 bits per heavy atom. The first kappa shape index (κ1) is 10.9. The van der Waals surface area contributed by atoms with Crippen LogP contribution in [0.3, 0.4) is 0 Å². The van der Waals surface area contributed by atoms with E-state index in [9.17, 15) is 0 Å². The predicted molar refractivity (Wildman–Crippen MR) is 61.3 cm³/mol. The highest BCUT2D eigenvalue weighted by Crippen LogP contribution is 2.11. The lowest BCUT2D eigenvalue weighted by Gasteiger charge is -2.05. The fraction of sp³-hybridized carbons (Fsp3) is 0.300. The van der Waals surface area contributed by atoms with Gasteiger partial charge in [-0.25, -0.2) is 0 Å². The molecule has 1 aromatic rings. The fourth-order valence-corrected chi connectivity index (χ4v) is 1.22. The fourth-order valence-electron chi connectivity index (χ4n) is 0.974. The summed E-state index contributed by atoms with van der Waals surface area (Å²) in [6, 6.07) is 7.24. The molecule has 76 valence electrons. The third-order valence-corrected chi connectivity index (χ3v) is 2.30. The summed E-state index contributed by atoms with van der Waals surface area (Å²) in [7, 11) is 0. The van der Waals surface area contributed by atoms with Gasteiger partial charge in [-0.05, 0) is 30.5 Å². The number of rotatable bonds is 5. The van der Waals surface area contributed by atoms with E-state index in [1.54, 1.807) is 23.9 Å². The number of nitrogen functional groups attached to an aromatic ring is 1. The summed E-state index contributed by atoms with van der Waals surface area (Å²) in [6.45, 7) is 0.709. The van der Waals surface area contributed by atoms with Crippen LogP contribution in [-0.4, -0.2) is 24.5 Å². The van der Waals surface area contributed by atoms with Gasteiger partial charge in [0.1, 0.15) is 11.6 Å². The average Bonchev–Trinajstić information content (AvgIpc) is 2.19. The van der Waals surface area contributed by atoms with Crippen LogP contribution < -0.4 is 10.5 Å². The maximum absolute atomic E-state index is 7.21. The lowest BCUT2D eigenvalue weighted by molar-refractivity contribution is 0.344. The van der Waals surface area contributed by atoms with Crippen molar-refractivity contribution in [2.24, 2.45) is 5.73 Å². The number of nitrogens with two attached hydrogens (primary N) is 1. The van der Waals surface area contributed by atoms with E-state index >= 15 is 0 Å². The highest BCUT2D eigenvalue weighted by atomic mass is 32.2. The smallest absolute Gasteiger partial charge is 0.122 e. The van der Waals surface area contributed by atoms with Gasteiger partial charge in [-0.2, -0.15) is 11.8 Å². The van der Waals surface area contributed by atoms with Crippen LogP contribution >= 0.6 is 11.8 Å². The molecule has 0 spiro atoms. The van der Waals surface area contributed by atoms with E-state index in [-0.39, 0.29) is 5.84 Å². The van der Waals surface area contributed by atoms with E-state index in [1.807, 2.05) is 18.4 Å². The SMILES string of the molecule is CSCCOc1ccc(C(=N)N)cc1. The second-order valence-electron chi connectivity index (χ2n) is 2.78. The van der Waals surface area contributed by atoms with Crippen molar-refractivity contribution >= 4 is 17.6 Å². The predicted octanol–water partition coefficient (Wildman–Crippen LogP) is 1.71. The topological polar surface area (TPSA) is 59.1 Å². The quantitative estimate of drug-likeness (QED) is 0.442. The zero-order valence-corrected chi connectivity index (χ0v) is 8.93. The van der Waals surface area contributed by atoms with Gasteiger partial charge in [0, 0.05) is 11.3 Å². The molecule has 0 atom stereocenters. The summed E-state index contributed by atoms with van der Waals surface area (Å²) >= 11 is 1.75. The lowest BCUT2D eigenvalue weighted by Crippen LogP contribution is -2.10. The largest absolute Gasteiger partial charge is 0.493 e. The molecule has 0 aliphatic heterocycles. The summed E-state index contributed by atoms with van der Waals surface area (Å²) in [5.41, 5.74) is 6.05. The van der Waals surface area contributed by atoms with Gasteiger partial charge in [0.15, 0.2) is 0 Å². The summed E-state index contributed by atoms with van der Waals surface area (Å²) < 4.78 is 5.45. The van der Waals surface area contributed by atoms with Gasteiger partial charge in [-0.15, -0.1) is 0 Å². The minimum absolute atomic E-state index is 0.0839. The molecular formula is C10H14N2OS. The summed E-state index contributed by atoms with van der Waals surface area (Å²) in [5, 5.41) is 7.21. The van der Waals surface area contributed by atoms with Crippen LogP contribution in [0.5, 0.6) is 5.75 Å². The number of thioether (sulfide) groups is 1. The Hall–Kier alpha value is -1.16. The normalized spacial score (nSPS) is 9.79. The Kier molecular flexibility index (Phi) is 4.32. The molecule has 0 fully saturated rings. The number of nitrogens with one attached hydrogen (secondary N) is 1. The molecule has 0 heterocycles. The molecule has 1 aromatic carbocycles. The van der Waals surface area contributed by atoms with Crippen LogP contribution in [0.25, 0.3) is 0 Å². The van der Waals surface area contributed by atoms with E-state index in [0.717, 1.165) is 17.1 Å². The minimum atomic E-state index is 0.0839. The summed E-state index contributed by atoms with van der Waals surface area (Å²) in [5.74, 6) is 1.89. The molecular weight excluding hydrogens is 196 g/mol. The first-order valence-electron chi connectivity index (χ1n) is 4.30. The minimum Gasteiger partial charge on any atom is -0.493 e. The molecule has 4 heteroatoms. The molecule has 0 aliphatic carbocycles. The molecule has 0 saturated heterocycles. The van der Waals surface area contributed by atoms with Gasteiger partial charge >= 0.3 is 0 Å². The van der Waals surface area contributed by atoms with Crippen molar-refractivity contribution < 1.29 is 4.74 Å². The number of hydrogen-bond donors (Lipinski definition) is 2. The van der Waals surface area contributed by atoms with Crippen LogP contribution in [0.4, 0.5) is 0 Å². The van der Waals surface area contributed by atoms with Crippen molar-refractivity contribution in [3.8, 4) is 5.75 Å². The van der Waals surface area contributed by atoms with Crippen LogP contribution in [0.1, 0.15) is 5.56 Å². The van der Waals surface area contributed by atoms with Crippen molar-refractivity contribution in [2.45, 2.75) is 0 Å². The number of hydrogen-bond acceptors (Lipinski definition) is 3. The second kappa shape index (κ2) is 5.54. The van der Waals surface area contributed by atoms with Gasteiger partial charge < -0.3 is 10.5 Å². The highest BCUT2D eigenvalue weighted by molar-refractivity contribution is 7.98. The number of ether oxygens (including phenoxy) is 1. The van der Waals surface area contributed by atoms with Crippen molar-refractivity contribution in [2.75, 3.05) is 18.6 Å². The first-order chi connectivity index (χ1) is 6.74. The first-order valence-corrected chi connectivity index (χ1v) is 5.69. The highest BCUT2D eigenvalue weighted by Gasteiger charge is 1.96.